The highest BCUT2D eigenvalue weighted by Gasteiger charge is 2.21. The van der Waals surface area contributed by atoms with E-state index in [1.807, 2.05) is 39.6 Å². The molecule has 16 heavy (non-hydrogen) atoms. The van der Waals surface area contributed by atoms with Crippen LogP contribution in [0.2, 0.25) is 0 Å². The smallest absolute Gasteiger partial charge is 0.323 e. The Morgan fingerprint density at radius 2 is 1.88 bits per heavy atom. The molecule has 0 aliphatic rings. The summed E-state index contributed by atoms with van der Waals surface area (Å²) < 4.78 is 5.25. The van der Waals surface area contributed by atoms with Crippen LogP contribution in [-0.4, -0.2) is 48.8 Å². The molecular formula is C12H27NO3. The minimum Gasteiger partial charge on any atom is -0.480 e. The molecule has 0 fully saturated rings. The fraction of sp³-hybridized carbons (Fsp3) is 0.917. The summed E-state index contributed by atoms with van der Waals surface area (Å²) in [4.78, 5) is 12.7. The summed E-state index contributed by atoms with van der Waals surface area (Å²) in [5, 5.41) is 8.95. The molecule has 0 saturated carbocycles. The van der Waals surface area contributed by atoms with Gasteiger partial charge in [0.15, 0.2) is 0 Å². The van der Waals surface area contributed by atoms with Gasteiger partial charge in [-0.05, 0) is 26.4 Å². The molecule has 1 N–H and O–H groups in total. The number of carbonyl (C=O) groups is 1. The molecule has 0 aromatic heterocycles. The number of rotatable bonds is 8. The van der Waals surface area contributed by atoms with Gasteiger partial charge in [0.25, 0.3) is 0 Å². The van der Waals surface area contributed by atoms with E-state index in [-0.39, 0.29) is 6.61 Å². The van der Waals surface area contributed by atoms with E-state index in [0.717, 1.165) is 19.4 Å². The lowest BCUT2D eigenvalue weighted by Crippen LogP contribution is -2.42. The normalized spacial score (nSPS) is 11.9. The fourth-order valence-corrected chi connectivity index (χ4v) is 1.23. The van der Waals surface area contributed by atoms with Crippen molar-refractivity contribution in [2.45, 2.75) is 46.6 Å². The molecule has 0 rings (SSSR count). The first-order valence-corrected chi connectivity index (χ1v) is 6.14. The van der Waals surface area contributed by atoms with Crippen molar-refractivity contribution < 1.29 is 14.6 Å². The van der Waals surface area contributed by atoms with E-state index in [1.54, 1.807) is 0 Å². The summed E-state index contributed by atoms with van der Waals surface area (Å²) in [6.45, 7) is 9.73. The van der Waals surface area contributed by atoms with Crippen LogP contribution in [0.1, 0.15) is 40.5 Å². The summed E-state index contributed by atoms with van der Waals surface area (Å²) in [7, 11) is 1.82. The van der Waals surface area contributed by atoms with Crippen LogP contribution in [0.5, 0.6) is 0 Å². The molecule has 0 saturated heterocycles. The molecule has 1 unspecified atom stereocenters. The molecule has 0 aliphatic carbocycles. The first-order valence-electron chi connectivity index (χ1n) is 6.14. The third kappa shape index (κ3) is 8.68. The molecule has 0 heterocycles. The van der Waals surface area contributed by atoms with Crippen LogP contribution in [0.15, 0.2) is 0 Å². The van der Waals surface area contributed by atoms with Gasteiger partial charge in [-0.1, -0.05) is 27.7 Å². The Kier molecular flexibility index (Phi) is 13.8. The maximum absolute atomic E-state index is 10.9. The SMILES string of the molecule is CC.CCCOCC(C(=O)O)N(C)CCC. The van der Waals surface area contributed by atoms with Gasteiger partial charge in [0.1, 0.15) is 6.04 Å². The van der Waals surface area contributed by atoms with E-state index in [0.29, 0.717) is 6.61 Å². The average molecular weight is 233 g/mol. The molecule has 0 aromatic carbocycles. The van der Waals surface area contributed by atoms with Crippen LogP contribution in [0, 0.1) is 0 Å². The fourth-order valence-electron chi connectivity index (χ4n) is 1.23. The molecule has 98 valence electrons. The molecule has 0 aromatic rings. The summed E-state index contributed by atoms with van der Waals surface area (Å²) in [6.07, 6.45) is 1.87. The van der Waals surface area contributed by atoms with Crippen molar-refractivity contribution in [3.63, 3.8) is 0 Å². The van der Waals surface area contributed by atoms with Gasteiger partial charge in [-0.3, -0.25) is 9.69 Å². The van der Waals surface area contributed by atoms with Crippen molar-refractivity contribution in [3.05, 3.63) is 0 Å². The van der Waals surface area contributed by atoms with Gasteiger partial charge < -0.3 is 9.84 Å². The Hall–Kier alpha value is -0.610. The van der Waals surface area contributed by atoms with Crippen LogP contribution in [0.25, 0.3) is 0 Å². The van der Waals surface area contributed by atoms with Gasteiger partial charge in [-0.2, -0.15) is 0 Å². The van der Waals surface area contributed by atoms with Crippen LogP contribution < -0.4 is 0 Å². The Bertz CT molecular complexity index is 162. The predicted molar refractivity (Wildman–Crippen MR) is 66.8 cm³/mol. The minimum absolute atomic E-state index is 0.277. The zero-order valence-electron chi connectivity index (χ0n) is 11.3. The Balaban J connectivity index is 0. The second-order valence-corrected chi connectivity index (χ2v) is 3.41. The first-order chi connectivity index (χ1) is 7.63. The number of ether oxygens (including phenoxy) is 1. The van der Waals surface area contributed by atoms with Gasteiger partial charge in [-0.25, -0.2) is 0 Å². The molecular weight excluding hydrogens is 206 g/mol. The number of likely N-dealkylation sites (N-methyl/N-ethyl adjacent to an activating group) is 1. The number of carboxylic acid groups (broad SMARTS) is 1. The summed E-state index contributed by atoms with van der Waals surface area (Å²) >= 11 is 0. The van der Waals surface area contributed by atoms with Crippen molar-refractivity contribution in [1.29, 1.82) is 0 Å². The Morgan fingerprint density at radius 1 is 1.31 bits per heavy atom. The molecule has 1 atom stereocenters. The zero-order chi connectivity index (χ0) is 13.0. The molecule has 0 amide bonds. The van der Waals surface area contributed by atoms with E-state index in [2.05, 4.69) is 0 Å². The van der Waals surface area contributed by atoms with Crippen LogP contribution in [0.3, 0.4) is 0 Å². The van der Waals surface area contributed by atoms with Crippen LogP contribution in [0.4, 0.5) is 0 Å². The lowest BCUT2D eigenvalue weighted by molar-refractivity contribution is -0.145. The molecule has 0 bridgehead atoms. The monoisotopic (exact) mass is 233 g/mol. The first kappa shape index (κ1) is 17.8. The third-order valence-electron chi connectivity index (χ3n) is 2.02. The van der Waals surface area contributed by atoms with E-state index in [4.69, 9.17) is 9.84 Å². The van der Waals surface area contributed by atoms with E-state index < -0.39 is 12.0 Å². The standard InChI is InChI=1S/C10H21NO3.C2H6/c1-4-6-11(3)9(10(12)13)8-14-7-5-2;1-2/h9H,4-8H2,1-3H3,(H,12,13);1-2H3. The van der Waals surface area contributed by atoms with Crippen molar-refractivity contribution in [2.24, 2.45) is 0 Å². The van der Waals surface area contributed by atoms with Gasteiger partial charge in [0, 0.05) is 6.61 Å². The highest BCUT2D eigenvalue weighted by molar-refractivity contribution is 5.73. The zero-order valence-corrected chi connectivity index (χ0v) is 11.3. The number of carboxylic acids is 1. The van der Waals surface area contributed by atoms with Gasteiger partial charge in [0.05, 0.1) is 6.61 Å². The molecule has 0 radical (unpaired) electrons. The van der Waals surface area contributed by atoms with Crippen LogP contribution in [-0.2, 0) is 9.53 Å². The van der Waals surface area contributed by atoms with Gasteiger partial charge >= 0.3 is 5.97 Å². The topological polar surface area (TPSA) is 49.8 Å². The predicted octanol–water partition coefficient (Wildman–Crippen LogP) is 2.23. The molecule has 0 aliphatic heterocycles. The number of nitrogens with zero attached hydrogens (tertiary/aromatic N) is 1. The van der Waals surface area contributed by atoms with Crippen molar-refractivity contribution in [1.82, 2.24) is 4.90 Å². The van der Waals surface area contributed by atoms with Gasteiger partial charge in [0.2, 0.25) is 0 Å². The van der Waals surface area contributed by atoms with Crippen LogP contribution >= 0.6 is 0 Å². The summed E-state index contributed by atoms with van der Waals surface area (Å²) in [6, 6.07) is -0.513. The second-order valence-electron chi connectivity index (χ2n) is 3.41. The number of hydrogen-bond acceptors (Lipinski definition) is 3. The lowest BCUT2D eigenvalue weighted by Gasteiger charge is -2.23. The minimum atomic E-state index is -0.808. The van der Waals surface area contributed by atoms with E-state index >= 15 is 0 Å². The van der Waals surface area contributed by atoms with Crippen molar-refractivity contribution >= 4 is 5.97 Å². The molecule has 4 nitrogen and oxygen atoms in total. The maximum Gasteiger partial charge on any atom is 0.323 e. The summed E-state index contributed by atoms with van der Waals surface area (Å²) in [5.41, 5.74) is 0. The quantitative estimate of drug-likeness (QED) is 0.653. The summed E-state index contributed by atoms with van der Waals surface area (Å²) in [5.74, 6) is -0.808. The maximum atomic E-state index is 10.9. The average Bonchev–Trinajstić information content (AvgIpc) is 2.27. The van der Waals surface area contributed by atoms with Crippen molar-refractivity contribution in [2.75, 3.05) is 26.8 Å². The van der Waals surface area contributed by atoms with E-state index in [1.165, 1.54) is 0 Å². The second kappa shape index (κ2) is 12.5. The number of aliphatic carboxylic acids is 1. The Morgan fingerprint density at radius 3 is 2.25 bits per heavy atom. The Labute approximate surface area is 99.6 Å². The highest BCUT2D eigenvalue weighted by atomic mass is 16.5. The lowest BCUT2D eigenvalue weighted by atomic mass is 10.2. The third-order valence-corrected chi connectivity index (χ3v) is 2.02. The van der Waals surface area contributed by atoms with Crippen molar-refractivity contribution in [3.8, 4) is 0 Å². The van der Waals surface area contributed by atoms with E-state index in [9.17, 15) is 4.79 Å². The van der Waals surface area contributed by atoms with Gasteiger partial charge in [-0.15, -0.1) is 0 Å². The number of hydrogen-bond donors (Lipinski definition) is 1. The largest absolute Gasteiger partial charge is 0.480 e. The molecule has 0 spiro atoms. The molecule has 4 heteroatoms. The highest BCUT2D eigenvalue weighted by Crippen LogP contribution is 1.99.